The van der Waals surface area contributed by atoms with E-state index in [2.05, 4.69) is 53.1 Å². The Kier molecular flexibility index (Phi) is 7.88. The number of morpholine rings is 1. The maximum atomic E-state index is 9.83. The third-order valence-electron chi connectivity index (χ3n) is 6.16. The van der Waals surface area contributed by atoms with E-state index in [1.807, 2.05) is 38.4 Å². The zero-order valence-corrected chi connectivity index (χ0v) is 20.3. The van der Waals surface area contributed by atoms with Crippen LogP contribution < -0.4 is 9.64 Å². The Morgan fingerprint density at radius 1 is 0.853 bits per heavy atom. The van der Waals surface area contributed by atoms with Crippen molar-refractivity contribution < 1.29 is 14.6 Å². The number of hydrogen-bond acceptors (Lipinski definition) is 5. The number of phenolic OH excluding ortho intramolecular Hbond substituents is 1. The van der Waals surface area contributed by atoms with Gasteiger partial charge in [-0.25, -0.2) is 0 Å². The van der Waals surface area contributed by atoms with Gasteiger partial charge in [-0.3, -0.25) is 0 Å². The molecule has 0 radical (unpaired) electrons. The number of allylic oxidation sites excluding steroid dienone is 1. The molecule has 0 aromatic heterocycles. The van der Waals surface area contributed by atoms with Crippen LogP contribution in [0.4, 0.5) is 5.69 Å². The summed E-state index contributed by atoms with van der Waals surface area (Å²) in [7, 11) is 4.08. The topological polar surface area (TPSA) is 45.2 Å². The standard InChI is InChI=1S/C29H34N2O3/c1-22(23-4-10-26(11-5-23)31-17-19-33-20-18-31)29(24-6-12-27(32)13-7-24)25-8-14-28(15-9-25)34-21-16-30(2)3/h4-15,32H,16-21H2,1-3H3/b29-22+. The molecule has 0 unspecified atom stereocenters. The van der Waals surface area contributed by atoms with E-state index >= 15 is 0 Å². The molecule has 4 rings (SSSR count). The summed E-state index contributed by atoms with van der Waals surface area (Å²) in [6, 6.07) is 24.5. The molecule has 0 saturated carbocycles. The summed E-state index contributed by atoms with van der Waals surface area (Å²) in [6.07, 6.45) is 0. The molecule has 178 valence electrons. The lowest BCUT2D eigenvalue weighted by Crippen LogP contribution is -2.36. The molecule has 3 aromatic rings. The van der Waals surface area contributed by atoms with Gasteiger partial charge in [-0.15, -0.1) is 0 Å². The first-order chi connectivity index (χ1) is 16.5. The van der Waals surface area contributed by atoms with Crippen LogP contribution in [0.1, 0.15) is 23.6 Å². The predicted octanol–water partition coefficient (Wildman–Crippen LogP) is 5.15. The summed E-state index contributed by atoms with van der Waals surface area (Å²) in [4.78, 5) is 4.47. The SMILES string of the molecule is C/C(=C(/c1ccc(O)cc1)c1ccc(OCCN(C)C)cc1)c1ccc(N2CCOCC2)cc1. The number of likely N-dealkylation sites (N-methyl/N-ethyl adjacent to an activating group) is 1. The Balaban J connectivity index is 1.64. The Labute approximate surface area is 202 Å². The van der Waals surface area contributed by atoms with Crippen LogP contribution in [-0.4, -0.2) is 63.6 Å². The van der Waals surface area contributed by atoms with Crippen molar-refractivity contribution in [2.45, 2.75) is 6.92 Å². The summed E-state index contributed by atoms with van der Waals surface area (Å²) in [5, 5.41) is 9.83. The van der Waals surface area contributed by atoms with Crippen molar-refractivity contribution in [1.82, 2.24) is 4.90 Å². The van der Waals surface area contributed by atoms with E-state index in [9.17, 15) is 5.11 Å². The average Bonchev–Trinajstić information content (AvgIpc) is 2.87. The van der Waals surface area contributed by atoms with Crippen molar-refractivity contribution in [3.63, 3.8) is 0 Å². The van der Waals surface area contributed by atoms with E-state index in [1.54, 1.807) is 12.1 Å². The van der Waals surface area contributed by atoms with Gasteiger partial charge in [0.25, 0.3) is 0 Å². The number of anilines is 1. The summed E-state index contributed by atoms with van der Waals surface area (Å²) in [5.41, 5.74) is 6.89. The van der Waals surface area contributed by atoms with Crippen molar-refractivity contribution in [2.75, 3.05) is 58.5 Å². The fourth-order valence-corrected chi connectivity index (χ4v) is 4.18. The lowest BCUT2D eigenvalue weighted by atomic mass is 9.90. The van der Waals surface area contributed by atoms with Gasteiger partial charge >= 0.3 is 0 Å². The van der Waals surface area contributed by atoms with Crippen molar-refractivity contribution in [2.24, 2.45) is 0 Å². The lowest BCUT2D eigenvalue weighted by molar-refractivity contribution is 0.122. The van der Waals surface area contributed by atoms with Gasteiger partial charge in [0.2, 0.25) is 0 Å². The van der Waals surface area contributed by atoms with Crippen LogP contribution in [0, 0.1) is 0 Å². The van der Waals surface area contributed by atoms with E-state index in [-0.39, 0.29) is 5.75 Å². The Morgan fingerprint density at radius 2 is 1.41 bits per heavy atom. The number of aromatic hydroxyl groups is 1. The number of rotatable bonds is 8. The van der Waals surface area contributed by atoms with Crippen molar-refractivity contribution >= 4 is 16.8 Å². The number of hydrogen-bond donors (Lipinski definition) is 1. The second kappa shape index (κ2) is 11.2. The third-order valence-corrected chi connectivity index (χ3v) is 6.16. The molecule has 1 N–H and O–H groups in total. The van der Waals surface area contributed by atoms with Gasteiger partial charge in [0, 0.05) is 25.3 Å². The summed E-state index contributed by atoms with van der Waals surface area (Å²) >= 11 is 0. The van der Waals surface area contributed by atoms with E-state index < -0.39 is 0 Å². The zero-order chi connectivity index (χ0) is 23.9. The first kappa shape index (κ1) is 23.9. The molecule has 0 atom stereocenters. The van der Waals surface area contributed by atoms with Gasteiger partial charge < -0.3 is 24.4 Å². The summed E-state index contributed by atoms with van der Waals surface area (Å²) < 4.78 is 11.4. The maximum Gasteiger partial charge on any atom is 0.119 e. The Bertz CT molecular complexity index is 1080. The Hall–Kier alpha value is -3.28. The highest BCUT2D eigenvalue weighted by molar-refractivity contribution is 5.98. The van der Waals surface area contributed by atoms with Crippen molar-refractivity contribution in [1.29, 1.82) is 0 Å². The molecule has 34 heavy (non-hydrogen) atoms. The van der Waals surface area contributed by atoms with E-state index in [0.29, 0.717) is 6.61 Å². The van der Waals surface area contributed by atoms with E-state index in [1.165, 1.54) is 16.8 Å². The minimum absolute atomic E-state index is 0.264. The van der Waals surface area contributed by atoms with Gasteiger partial charge in [0.1, 0.15) is 18.1 Å². The number of ether oxygens (including phenoxy) is 2. The van der Waals surface area contributed by atoms with Gasteiger partial charge in [-0.2, -0.15) is 0 Å². The monoisotopic (exact) mass is 458 g/mol. The molecule has 0 aliphatic carbocycles. The first-order valence-corrected chi connectivity index (χ1v) is 11.8. The molecular formula is C29H34N2O3. The average molecular weight is 459 g/mol. The number of phenols is 1. The second-order valence-corrected chi connectivity index (χ2v) is 8.87. The molecule has 1 aliphatic rings. The maximum absolute atomic E-state index is 9.83. The molecule has 0 spiro atoms. The van der Waals surface area contributed by atoms with Gasteiger partial charge in [-0.05, 0) is 85.3 Å². The number of benzene rings is 3. The van der Waals surface area contributed by atoms with Crippen LogP contribution >= 0.6 is 0 Å². The first-order valence-electron chi connectivity index (χ1n) is 11.8. The normalized spacial score (nSPS) is 14.8. The van der Waals surface area contributed by atoms with Crippen molar-refractivity contribution in [3.05, 3.63) is 89.5 Å². The van der Waals surface area contributed by atoms with Gasteiger partial charge in [-0.1, -0.05) is 36.4 Å². The fraction of sp³-hybridized carbons (Fsp3) is 0.310. The smallest absolute Gasteiger partial charge is 0.119 e. The third kappa shape index (κ3) is 5.99. The highest BCUT2D eigenvalue weighted by atomic mass is 16.5. The molecule has 5 nitrogen and oxygen atoms in total. The molecule has 0 amide bonds. The molecule has 5 heteroatoms. The van der Waals surface area contributed by atoms with Crippen LogP contribution in [-0.2, 0) is 4.74 Å². The van der Waals surface area contributed by atoms with Crippen LogP contribution in [0.25, 0.3) is 11.1 Å². The minimum Gasteiger partial charge on any atom is -0.508 e. The summed E-state index contributed by atoms with van der Waals surface area (Å²) in [6.45, 7) is 7.10. The number of nitrogens with zero attached hydrogens (tertiary/aromatic N) is 2. The van der Waals surface area contributed by atoms with Gasteiger partial charge in [0.15, 0.2) is 0 Å². The van der Waals surface area contributed by atoms with Crippen LogP contribution in [0.3, 0.4) is 0 Å². The van der Waals surface area contributed by atoms with E-state index in [4.69, 9.17) is 9.47 Å². The molecule has 1 saturated heterocycles. The molecule has 1 aliphatic heterocycles. The molecule has 1 heterocycles. The van der Waals surface area contributed by atoms with Gasteiger partial charge in [0.05, 0.1) is 13.2 Å². The highest BCUT2D eigenvalue weighted by Gasteiger charge is 2.14. The molecule has 1 fully saturated rings. The quantitative estimate of drug-likeness (QED) is 0.473. The van der Waals surface area contributed by atoms with Crippen LogP contribution in [0.15, 0.2) is 72.8 Å². The van der Waals surface area contributed by atoms with Crippen LogP contribution in [0.2, 0.25) is 0 Å². The summed E-state index contributed by atoms with van der Waals surface area (Å²) in [5.74, 6) is 1.13. The zero-order valence-electron chi connectivity index (χ0n) is 20.3. The molecule has 3 aromatic carbocycles. The lowest BCUT2D eigenvalue weighted by Gasteiger charge is -2.29. The van der Waals surface area contributed by atoms with Crippen LogP contribution in [0.5, 0.6) is 11.5 Å². The van der Waals surface area contributed by atoms with Crippen molar-refractivity contribution in [3.8, 4) is 11.5 Å². The minimum atomic E-state index is 0.264. The molecular weight excluding hydrogens is 424 g/mol. The fourth-order valence-electron chi connectivity index (χ4n) is 4.18. The van der Waals surface area contributed by atoms with E-state index in [0.717, 1.165) is 55.3 Å². The predicted molar refractivity (Wildman–Crippen MR) is 140 cm³/mol. The molecule has 0 bridgehead atoms. The Morgan fingerprint density at radius 3 is 2.00 bits per heavy atom. The largest absolute Gasteiger partial charge is 0.508 e. The highest BCUT2D eigenvalue weighted by Crippen LogP contribution is 2.34. The second-order valence-electron chi connectivity index (χ2n) is 8.87.